The van der Waals surface area contributed by atoms with E-state index in [1.165, 1.54) is 7.11 Å². The van der Waals surface area contributed by atoms with E-state index < -0.39 is 0 Å². The summed E-state index contributed by atoms with van der Waals surface area (Å²) in [6.07, 6.45) is 2.27. The summed E-state index contributed by atoms with van der Waals surface area (Å²) in [5, 5.41) is 2.69. The van der Waals surface area contributed by atoms with Crippen molar-refractivity contribution in [3.63, 3.8) is 0 Å². The Balaban J connectivity index is 2.23. The van der Waals surface area contributed by atoms with Crippen molar-refractivity contribution in [3.8, 4) is 5.88 Å². The van der Waals surface area contributed by atoms with Crippen molar-refractivity contribution in [2.24, 2.45) is 0 Å². The third kappa shape index (κ3) is 2.95. The molecular weight excluding hydrogens is 244 g/mol. The molecule has 1 N–H and O–H groups in total. The monoisotopic (exact) mass is 256 g/mol. The van der Waals surface area contributed by atoms with Crippen molar-refractivity contribution in [3.05, 3.63) is 53.7 Å². The maximum atomic E-state index is 12.1. The molecule has 0 saturated heterocycles. The van der Waals surface area contributed by atoms with Crippen LogP contribution in [0.5, 0.6) is 5.88 Å². The molecule has 19 heavy (non-hydrogen) atoms. The number of amides is 1. The van der Waals surface area contributed by atoms with Gasteiger partial charge in [0, 0.05) is 17.4 Å². The molecule has 0 fully saturated rings. The molecule has 0 saturated carbocycles. The smallest absolute Gasteiger partial charge is 0.261 e. The average Bonchev–Trinajstić information content (AvgIpc) is 2.47. The van der Waals surface area contributed by atoms with E-state index in [2.05, 4.69) is 10.3 Å². The number of hydrogen-bond acceptors (Lipinski definition) is 4. The summed E-state index contributed by atoms with van der Waals surface area (Å²) in [5.41, 5.74) is 1.37. The van der Waals surface area contributed by atoms with Gasteiger partial charge in [-0.3, -0.25) is 9.59 Å². The molecule has 2 rings (SSSR count). The number of pyridine rings is 1. The number of aromatic nitrogens is 1. The Kier molecular flexibility index (Phi) is 3.87. The Labute approximate surface area is 110 Å². The summed E-state index contributed by atoms with van der Waals surface area (Å²) in [5.74, 6) is -0.0838. The number of benzene rings is 1. The Morgan fingerprint density at radius 3 is 2.89 bits per heavy atom. The second-order valence-electron chi connectivity index (χ2n) is 3.76. The molecule has 1 heterocycles. The summed E-state index contributed by atoms with van der Waals surface area (Å²) in [4.78, 5) is 26.7. The zero-order valence-electron chi connectivity index (χ0n) is 10.3. The number of rotatable bonds is 4. The summed E-state index contributed by atoms with van der Waals surface area (Å²) >= 11 is 0. The molecule has 0 unspecified atom stereocenters. The molecule has 1 aromatic heterocycles. The van der Waals surface area contributed by atoms with E-state index in [0.717, 1.165) is 6.29 Å². The van der Waals surface area contributed by atoms with Crippen LogP contribution in [0.3, 0.4) is 0 Å². The first-order chi connectivity index (χ1) is 9.24. The minimum absolute atomic E-state index is 0.256. The van der Waals surface area contributed by atoms with Gasteiger partial charge in [0.25, 0.3) is 5.91 Å². The summed E-state index contributed by atoms with van der Waals surface area (Å²) in [6, 6.07) is 9.92. The van der Waals surface area contributed by atoms with Crippen LogP contribution in [0.4, 0.5) is 5.69 Å². The lowest BCUT2D eigenvalue weighted by Gasteiger charge is -2.08. The van der Waals surface area contributed by atoms with E-state index in [0.29, 0.717) is 16.8 Å². The molecule has 0 aliphatic rings. The van der Waals surface area contributed by atoms with Crippen molar-refractivity contribution < 1.29 is 14.3 Å². The fraction of sp³-hybridized carbons (Fsp3) is 0.0714. The quantitative estimate of drug-likeness (QED) is 0.851. The van der Waals surface area contributed by atoms with Gasteiger partial charge in [-0.1, -0.05) is 12.1 Å². The van der Waals surface area contributed by atoms with Crippen LogP contribution in [0.15, 0.2) is 42.6 Å². The zero-order chi connectivity index (χ0) is 13.7. The lowest BCUT2D eigenvalue weighted by atomic mass is 10.2. The first-order valence-corrected chi connectivity index (χ1v) is 5.60. The third-order valence-corrected chi connectivity index (χ3v) is 2.49. The normalized spacial score (nSPS) is 9.74. The zero-order valence-corrected chi connectivity index (χ0v) is 10.3. The van der Waals surface area contributed by atoms with Gasteiger partial charge in [-0.05, 0) is 24.3 Å². The topological polar surface area (TPSA) is 68.3 Å². The molecule has 1 amide bonds. The van der Waals surface area contributed by atoms with E-state index in [9.17, 15) is 9.59 Å². The molecule has 0 aliphatic heterocycles. The summed E-state index contributed by atoms with van der Waals surface area (Å²) in [7, 11) is 1.45. The highest BCUT2D eigenvalue weighted by atomic mass is 16.5. The van der Waals surface area contributed by atoms with Crippen molar-refractivity contribution in [2.45, 2.75) is 0 Å². The predicted molar refractivity (Wildman–Crippen MR) is 70.6 cm³/mol. The van der Waals surface area contributed by atoms with Gasteiger partial charge < -0.3 is 10.1 Å². The van der Waals surface area contributed by atoms with Gasteiger partial charge in [0.2, 0.25) is 5.88 Å². The highest BCUT2D eigenvalue weighted by Crippen LogP contribution is 2.16. The standard InChI is InChI=1S/C14H12N2O3/c1-19-14-12(6-3-7-15-14)13(18)16-11-5-2-4-10(8-11)9-17/h2-9H,1H3,(H,16,18). The minimum atomic E-state index is -0.340. The molecule has 0 bridgehead atoms. The second-order valence-corrected chi connectivity index (χ2v) is 3.76. The van der Waals surface area contributed by atoms with Gasteiger partial charge >= 0.3 is 0 Å². The van der Waals surface area contributed by atoms with Gasteiger partial charge in [-0.15, -0.1) is 0 Å². The van der Waals surface area contributed by atoms with Crippen LogP contribution in [-0.2, 0) is 0 Å². The number of nitrogens with zero attached hydrogens (tertiary/aromatic N) is 1. The van der Waals surface area contributed by atoms with Crippen LogP contribution in [0.25, 0.3) is 0 Å². The first kappa shape index (κ1) is 12.8. The molecule has 5 heteroatoms. The number of anilines is 1. The maximum absolute atomic E-state index is 12.1. The maximum Gasteiger partial charge on any atom is 0.261 e. The Hall–Kier alpha value is -2.69. The van der Waals surface area contributed by atoms with Crippen molar-refractivity contribution >= 4 is 17.9 Å². The van der Waals surface area contributed by atoms with Gasteiger partial charge in [0.15, 0.2) is 0 Å². The molecule has 96 valence electrons. The molecule has 5 nitrogen and oxygen atoms in total. The number of aldehydes is 1. The van der Waals surface area contributed by atoms with Crippen LogP contribution >= 0.6 is 0 Å². The molecule has 1 aromatic carbocycles. The van der Waals surface area contributed by atoms with Crippen LogP contribution in [0.2, 0.25) is 0 Å². The number of hydrogen-bond donors (Lipinski definition) is 1. The summed E-state index contributed by atoms with van der Waals surface area (Å²) < 4.78 is 5.02. The number of carbonyl (C=O) groups is 2. The molecule has 0 aliphatic carbocycles. The molecule has 0 radical (unpaired) electrons. The van der Waals surface area contributed by atoms with Crippen molar-refractivity contribution in [2.75, 3.05) is 12.4 Å². The Bertz CT molecular complexity index is 611. The summed E-state index contributed by atoms with van der Waals surface area (Å²) in [6.45, 7) is 0. The second kappa shape index (κ2) is 5.77. The van der Waals surface area contributed by atoms with E-state index in [1.54, 1.807) is 42.6 Å². The number of methoxy groups -OCH3 is 1. The van der Waals surface area contributed by atoms with E-state index in [-0.39, 0.29) is 11.8 Å². The highest BCUT2D eigenvalue weighted by molar-refractivity contribution is 6.06. The minimum Gasteiger partial charge on any atom is -0.480 e. The van der Waals surface area contributed by atoms with E-state index in [1.807, 2.05) is 0 Å². The van der Waals surface area contributed by atoms with Gasteiger partial charge in [-0.2, -0.15) is 0 Å². The number of ether oxygens (including phenoxy) is 1. The highest BCUT2D eigenvalue weighted by Gasteiger charge is 2.12. The number of carbonyl (C=O) groups excluding carboxylic acids is 2. The van der Waals surface area contributed by atoms with Gasteiger partial charge in [-0.25, -0.2) is 4.98 Å². The fourth-order valence-corrected chi connectivity index (χ4v) is 1.61. The average molecular weight is 256 g/mol. The van der Waals surface area contributed by atoms with E-state index in [4.69, 9.17) is 4.74 Å². The number of nitrogens with one attached hydrogen (secondary N) is 1. The van der Waals surface area contributed by atoms with Crippen LogP contribution in [0.1, 0.15) is 20.7 Å². The largest absolute Gasteiger partial charge is 0.480 e. The molecule has 0 spiro atoms. The Morgan fingerprint density at radius 1 is 1.32 bits per heavy atom. The van der Waals surface area contributed by atoms with Crippen LogP contribution < -0.4 is 10.1 Å². The van der Waals surface area contributed by atoms with Gasteiger partial charge in [0.05, 0.1) is 7.11 Å². The van der Waals surface area contributed by atoms with Gasteiger partial charge in [0.1, 0.15) is 11.8 Å². The predicted octanol–water partition coefficient (Wildman–Crippen LogP) is 2.16. The van der Waals surface area contributed by atoms with Crippen LogP contribution in [-0.4, -0.2) is 24.3 Å². The first-order valence-electron chi connectivity index (χ1n) is 5.60. The van der Waals surface area contributed by atoms with Crippen LogP contribution in [0, 0.1) is 0 Å². The van der Waals surface area contributed by atoms with E-state index >= 15 is 0 Å². The molecule has 0 atom stereocenters. The molecular formula is C14H12N2O3. The van der Waals surface area contributed by atoms with Crippen molar-refractivity contribution in [1.29, 1.82) is 0 Å². The fourth-order valence-electron chi connectivity index (χ4n) is 1.61. The lowest BCUT2D eigenvalue weighted by molar-refractivity contribution is 0.102. The Morgan fingerprint density at radius 2 is 2.16 bits per heavy atom. The molecule has 2 aromatic rings. The van der Waals surface area contributed by atoms with Crippen molar-refractivity contribution in [1.82, 2.24) is 4.98 Å². The SMILES string of the molecule is COc1ncccc1C(=O)Nc1cccc(C=O)c1. The third-order valence-electron chi connectivity index (χ3n) is 2.49. The lowest BCUT2D eigenvalue weighted by Crippen LogP contribution is -2.13.